The Labute approximate surface area is 122 Å². The third kappa shape index (κ3) is 3.37. The molecular formula is C16H13ClN2O. The van der Waals surface area contributed by atoms with E-state index in [0.29, 0.717) is 16.3 Å². The van der Waals surface area contributed by atoms with Gasteiger partial charge in [-0.25, -0.2) is 0 Å². The van der Waals surface area contributed by atoms with Crippen molar-refractivity contribution in [2.75, 3.05) is 5.32 Å². The number of aryl methyl sites for hydroxylation is 1. The van der Waals surface area contributed by atoms with Gasteiger partial charge in [0.15, 0.2) is 0 Å². The second-order valence-corrected chi connectivity index (χ2v) is 4.86. The summed E-state index contributed by atoms with van der Waals surface area (Å²) in [6, 6.07) is 14.5. The van der Waals surface area contributed by atoms with Crippen LogP contribution in [0.25, 0.3) is 0 Å². The van der Waals surface area contributed by atoms with Gasteiger partial charge in [-0.2, -0.15) is 5.26 Å². The average Bonchev–Trinajstić information content (AvgIpc) is 2.43. The quantitative estimate of drug-likeness (QED) is 0.927. The molecule has 3 nitrogen and oxygen atoms in total. The Morgan fingerprint density at radius 3 is 2.80 bits per heavy atom. The summed E-state index contributed by atoms with van der Waals surface area (Å²) in [4.78, 5) is 12.1. The van der Waals surface area contributed by atoms with Gasteiger partial charge in [-0.3, -0.25) is 4.79 Å². The summed E-state index contributed by atoms with van der Waals surface area (Å²) in [5, 5.41) is 12.1. The van der Waals surface area contributed by atoms with Gasteiger partial charge in [0.1, 0.15) is 0 Å². The second-order valence-electron chi connectivity index (χ2n) is 4.45. The van der Waals surface area contributed by atoms with E-state index < -0.39 is 0 Å². The predicted molar refractivity (Wildman–Crippen MR) is 79.9 cm³/mol. The Bertz CT molecular complexity index is 689. The number of anilines is 1. The lowest BCUT2D eigenvalue weighted by Gasteiger charge is -2.07. The molecule has 0 unspecified atom stereocenters. The van der Waals surface area contributed by atoms with Gasteiger partial charge < -0.3 is 5.32 Å². The molecule has 0 aliphatic rings. The molecule has 0 spiro atoms. The van der Waals surface area contributed by atoms with Crippen molar-refractivity contribution in [2.24, 2.45) is 0 Å². The summed E-state index contributed by atoms with van der Waals surface area (Å²) in [6.07, 6.45) is 0.289. The third-order valence-electron chi connectivity index (χ3n) is 2.90. The van der Waals surface area contributed by atoms with Crippen molar-refractivity contribution in [3.05, 3.63) is 64.2 Å². The van der Waals surface area contributed by atoms with Crippen molar-refractivity contribution in [3.8, 4) is 6.07 Å². The standard InChI is InChI=1S/C16H13ClN2O/c1-11-5-6-14(10-15(11)17)19-16(20)13-4-2-3-12(9-13)7-8-18/h2-6,9-10H,7H2,1H3,(H,19,20). The Kier molecular flexibility index (Phi) is 4.39. The maximum Gasteiger partial charge on any atom is 0.255 e. The lowest BCUT2D eigenvalue weighted by molar-refractivity contribution is 0.102. The summed E-state index contributed by atoms with van der Waals surface area (Å²) in [6.45, 7) is 1.90. The van der Waals surface area contributed by atoms with Gasteiger partial charge >= 0.3 is 0 Å². The van der Waals surface area contributed by atoms with E-state index in [4.69, 9.17) is 16.9 Å². The highest BCUT2D eigenvalue weighted by molar-refractivity contribution is 6.31. The number of nitriles is 1. The van der Waals surface area contributed by atoms with Crippen LogP contribution in [0.1, 0.15) is 21.5 Å². The fourth-order valence-electron chi connectivity index (χ4n) is 1.79. The summed E-state index contributed by atoms with van der Waals surface area (Å²) >= 11 is 6.02. The lowest BCUT2D eigenvalue weighted by atomic mass is 10.1. The first-order valence-corrected chi connectivity index (χ1v) is 6.51. The zero-order valence-electron chi connectivity index (χ0n) is 11.0. The fourth-order valence-corrected chi connectivity index (χ4v) is 1.97. The number of carbonyl (C=O) groups is 1. The summed E-state index contributed by atoms with van der Waals surface area (Å²) in [5.41, 5.74) is 2.95. The van der Waals surface area contributed by atoms with Crippen LogP contribution >= 0.6 is 11.6 Å². The number of nitrogens with one attached hydrogen (secondary N) is 1. The van der Waals surface area contributed by atoms with E-state index in [-0.39, 0.29) is 12.3 Å². The van der Waals surface area contributed by atoms with Crippen LogP contribution < -0.4 is 5.32 Å². The number of amides is 1. The molecule has 1 N–H and O–H groups in total. The van der Waals surface area contributed by atoms with Crippen LogP contribution in [0.3, 0.4) is 0 Å². The Morgan fingerprint density at radius 1 is 1.30 bits per heavy atom. The number of benzene rings is 2. The lowest BCUT2D eigenvalue weighted by Crippen LogP contribution is -2.12. The Morgan fingerprint density at radius 2 is 2.10 bits per heavy atom. The first-order chi connectivity index (χ1) is 9.60. The molecule has 0 saturated heterocycles. The second kappa shape index (κ2) is 6.23. The summed E-state index contributed by atoms with van der Waals surface area (Å²) in [5.74, 6) is -0.218. The topological polar surface area (TPSA) is 52.9 Å². The molecule has 20 heavy (non-hydrogen) atoms. The van der Waals surface area contributed by atoms with E-state index in [0.717, 1.165) is 11.1 Å². The van der Waals surface area contributed by atoms with Gasteiger partial charge in [0, 0.05) is 16.3 Å². The molecule has 1 amide bonds. The van der Waals surface area contributed by atoms with E-state index in [9.17, 15) is 4.79 Å². The molecule has 0 aromatic heterocycles. The highest BCUT2D eigenvalue weighted by atomic mass is 35.5. The number of nitrogens with zero attached hydrogens (tertiary/aromatic N) is 1. The van der Waals surface area contributed by atoms with Crippen molar-refractivity contribution in [1.82, 2.24) is 0 Å². The van der Waals surface area contributed by atoms with Crippen molar-refractivity contribution in [2.45, 2.75) is 13.3 Å². The van der Waals surface area contributed by atoms with Gasteiger partial charge in [0.05, 0.1) is 12.5 Å². The minimum Gasteiger partial charge on any atom is -0.322 e. The SMILES string of the molecule is Cc1ccc(NC(=O)c2cccc(CC#N)c2)cc1Cl. The molecule has 0 saturated carbocycles. The molecule has 0 aliphatic carbocycles. The molecule has 0 heterocycles. The van der Waals surface area contributed by atoms with Crippen LogP contribution in [-0.2, 0) is 6.42 Å². The van der Waals surface area contributed by atoms with Crippen LogP contribution in [-0.4, -0.2) is 5.91 Å². The molecule has 2 rings (SSSR count). The van der Waals surface area contributed by atoms with Gasteiger partial charge in [-0.05, 0) is 42.3 Å². The maximum absolute atomic E-state index is 12.1. The molecular weight excluding hydrogens is 272 g/mol. The van der Waals surface area contributed by atoms with Crippen molar-refractivity contribution < 1.29 is 4.79 Å². The highest BCUT2D eigenvalue weighted by Gasteiger charge is 2.07. The number of hydrogen-bond donors (Lipinski definition) is 1. The smallest absolute Gasteiger partial charge is 0.255 e. The predicted octanol–water partition coefficient (Wildman–Crippen LogP) is 3.97. The summed E-state index contributed by atoms with van der Waals surface area (Å²) in [7, 11) is 0. The van der Waals surface area contributed by atoms with E-state index in [1.807, 2.05) is 19.1 Å². The highest BCUT2D eigenvalue weighted by Crippen LogP contribution is 2.20. The van der Waals surface area contributed by atoms with E-state index in [1.165, 1.54) is 0 Å². The Balaban J connectivity index is 2.17. The van der Waals surface area contributed by atoms with Crippen LogP contribution in [0, 0.1) is 18.3 Å². The molecule has 0 radical (unpaired) electrons. The normalized spacial score (nSPS) is 9.85. The molecule has 0 aliphatic heterocycles. The monoisotopic (exact) mass is 284 g/mol. The van der Waals surface area contributed by atoms with Crippen molar-refractivity contribution in [3.63, 3.8) is 0 Å². The molecule has 0 fully saturated rings. The first kappa shape index (κ1) is 14.1. The molecule has 4 heteroatoms. The van der Waals surface area contributed by atoms with E-state index in [1.54, 1.807) is 30.3 Å². The van der Waals surface area contributed by atoms with Crippen molar-refractivity contribution >= 4 is 23.2 Å². The largest absolute Gasteiger partial charge is 0.322 e. The minimum absolute atomic E-state index is 0.218. The molecule has 100 valence electrons. The third-order valence-corrected chi connectivity index (χ3v) is 3.31. The fraction of sp³-hybridized carbons (Fsp3) is 0.125. The van der Waals surface area contributed by atoms with E-state index in [2.05, 4.69) is 11.4 Å². The van der Waals surface area contributed by atoms with Gasteiger partial charge in [0.2, 0.25) is 0 Å². The van der Waals surface area contributed by atoms with Crippen molar-refractivity contribution in [1.29, 1.82) is 5.26 Å². The minimum atomic E-state index is -0.218. The molecule has 0 atom stereocenters. The zero-order valence-corrected chi connectivity index (χ0v) is 11.7. The average molecular weight is 285 g/mol. The van der Waals surface area contributed by atoms with Crippen LogP contribution in [0.2, 0.25) is 5.02 Å². The number of hydrogen-bond acceptors (Lipinski definition) is 2. The number of halogens is 1. The molecule has 2 aromatic rings. The van der Waals surface area contributed by atoms with Crippen LogP contribution in [0.5, 0.6) is 0 Å². The zero-order chi connectivity index (χ0) is 14.5. The molecule has 2 aromatic carbocycles. The first-order valence-electron chi connectivity index (χ1n) is 6.13. The molecule has 0 bridgehead atoms. The summed E-state index contributed by atoms with van der Waals surface area (Å²) < 4.78 is 0. The van der Waals surface area contributed by atoms with Gasteiger partial charge in [0.25, 0.3) is 5.91 Å². The van der Waals surface area contributed by atoms with Gasteiger partial charge in [-0.15, -0.1) is 0 Å². The maximum atomic E-state index is 12.1. The Hall–Kier alpha value is -2.31. The van der Waals surface area contributed by atoms with E-state index >= 15 is 0 Å². The van der Waals surface area contributed by atoms with Crippen LogP contribution in [0.15, 0.2) is 42.5 Å². The van der Waals surface area contributed by atoms with Gasteiger partial charge in [-0.1, -0.05) is 29.8 Å². The number of carbonyl (C=O) groups excluding carboxylic acids is 1. The van der Waals surface area contributed by atoms with Crippen LogP contribution in [0.4, 0.5) is 5.69 Å². The number of rotatable bonds is 3.